The minimum absolute atomic E-state index is 0.207. The van der Waals surface area contributed by atoms with Crippen molar-refractivity contribution in [2.24, 2.45) is 5.14 Å². The van der Waals surface area contributed by atoms with Gasteiger partial charge in [0.05, 0.1) is 5.75 Å². The lowest BCUT2D eigenvalue weighted by Gasteiger charge is -2.13. The van der Waals surface area contributed by atoms with Gasteiger partial charge in [0.1, 0.15) is 0 Å². The molecule has 0 aliphatic heterocycles. The van der Waals surface area contributed by atoms with E-state index in [-0.39, 0.29) is 17.8 Å². The smallest absolute Gasteiger partial charge is 0.319 e. The Balaban J connectivity index is 1.88. The summed E-state index contributed by atoms with van der Waals surface area (Å²) >= 11 is 0. The fourth-order valence-electron chi connectivity index (χ4n) is 2.34. The van der Waals surface area contributed by atoms with E-state index in [0.717, 1.165) is 25.7 Å². The first-order valence-electron chi connectivity index (χ1n) is 6.59. The number of carbonyl (C=O) groups excluding carboxylic acids is 1. The molecule has 0 unspecified atom stereocenters. The van der Waals surface area contributed by atoms with Gasteiger partial charge >= 0.3 is 6.03 Å². The van der Waals surface area contributed by atoms with Crippen LogP contribution in [0.1, 0.15) is 31.2 Å². The number of nitrogens with two attached hydrogens (primary N) is 1. The number of urea groups is 1. The molecule has 0 radical (unpaired) electrons. The van der Waals surface area contributed by atoms with Gasteiger partial charge in [0, 0.05) is 11.7 Å². The van der Waals surface area contributed by atoms with Crippen LogP contribution >= 0.6 is 0 Å². The molecule has 0 saturated heterocycles. The van der Waals surface area contributed by atoms with Crippen molar-refractivity contribution in [3.8, 4) is 0 Å². The Labute approximate surface area is 118 Å². The Morgan fingerprint density at radius 3 is 2.35 bits per heavy atom. The van der Waals surface area contributed by atoms with E-state index in [0.29, 0.717) is 11.3 Å². The summed E-state index contributed by atoms with van der Waals surface area (Å²) in [6.45, 7) is 0. The molecule has 1 fully saturated rings. The molecule has 0 atom stereocenters. The zero-order valence-electron chi connectivity index (χ0n) is 11.1. The summed E-state index contributed by atoms with van der Waals surface area (Å²) in [4.78, 5) is 11.7. The summed E-state index contributed by atoms with van der Waals surface area (Å²) in [7, 11) is -3.53. The third-order valence-corrected chi connectivity index (χ3v) is 4.01. The number of carbonyl (C=O) groups is 1. The van der Waals surface area contributed by atoms with Crippen LogP contribution in [0.5, 0.6) is 0 Å². The van der Waals surface area contributed by atoms with E-state index >= 15 is 0 Å². The van der Waals surface area contributed by atoms with Crippen LogP contribution in [0.3, 0.4) is 0 Å². The van der Waals surface area contributed by atoms with Gasteiger partial charge in [0.2, 0.25) is 10.0 Å². The van der Waals surface area contributed by atoms with E-state index in [4.69, 9.17) is 5.14 Å². The molecule has 1 aliphatic carbocycles. The van der Waals surface area contributed by atoms with Gasteiger partial charge in [0.15, 0.2) is 0 Å². The summed E-state index contributed by atoms with van der Waals surface area (Å²) in [5, 5.41) is 10.6. The minimum Gasteiger partial charge on any atom is -0.335 e. The lowest BCUT2D eigenvalue weighted by atomic mass is 10.2. The van der Waals surface area contributed by atoms with Crippen molar-refractivity contribution in [1.82, 2.24) is 5.32 Å². The normalized spacial score (nSPS) is 16.1. The number of amides is 2. The second kappa shape index (κ2) is 6.23. The molecule has 1 aromatic rings. The summed E-state index contributed by atoms with van der Waals surface area (Å²) in [5.41, 5.74) is 1.22. The maximum atomic E-state index is 11.7. The van der Waals surface area contributed by atoms with Crippen molar-refractivity contribution in [2.75, 3.05) is 5.32 Å². The molecule has 4 N–H and O–H groups in total. The monoisotopic (exact) mass is 297 g/mol. The van der Waals surface area contributed by atoms with Gasteiger partial charge in [-0.05, 0) is 30.5 Å². The van der Waals surface area contributed by atoms with E-state index in [9.17, 15) is 13.2 Å². The predicted octanol–water partition coefficient (Wildman–Crippen LogP) is 1.54. The molecule has 2 amide bonds. The standard InChI is InChI=1S/C13H19N3O3S/c14-20(18,19)9-10-5-7-12(8-6-10)16-13(17)15-11-3-1-2-4-11/h5-8,11H,1-4,9H2,(H2,14,18,19)(H2,15,16,17). The lowest BCUT2D eigenvalue weighted by Crippen LogP contribution is -2.36. The van der Waals surface area contributed by atoms with Crippen molar-refractivity contribution in [3.05, 3.63) is 29.8 Å². The molecule has 6 nitrogen and oxygen atoms in total. The Morgan fingerprint density at radius 2 is 1.80 bits per heavy atom. The second-order valence-electron chi connectivity index (χ2n) is 5.08. The molecule has 2 rings (SSSR count). The Hall–Kier alpha value is -1.60. The molecule has 0 aromatic heterocycles. The quantitative estimate of drug-likeness (QED) is 0.785. The maximum absolute atomic E-state index is 11.7. The molecule has 1 aromatic carbocycles. The Morgan fingerprint density at radius 1 is 1.20 bits per heavy atom. The van der Waals surface area contributed by atoms with Gasteiger partial charge in [0.25, 0.3) is 0 Å². The van der Waals surface area contributed by atoms with Crippen molar-refractivity contribution < 1.29 is 13.2 Å². The molecule has 20 heavy (non-hydrogen) atoms. The first-order valence-corrected chi connectivity index (χ1v) is 8.31. The average molecular weight is 297 g/mol. The van der Waals surface area contributed by atoms with Crippen LogP contribution in [0.15, 0.2) is 24.3 Å². The SMILES string of the molecule is NS(=O)(=O)Cc1ccc(NC(=O)NC2CCCC2)cc1. The van der Waals surface area contributed by atoms with Gasteiger partial charge in [-0.25, -0.2) is 18.4 Å². The highest BCUT2D eigenvalue weighted by Crippen LogP contribution is 2.18. The van der Waals surface area contributed by atoms with Gasteiger partial charge in [-0.1, -0.05) is 25.0 Å². The average Bonchev–Trinajstić information content (AvgIpc) is 2.82. The number of primary sulfonamides is 1. The summed E-state index contributed by atoms with van der Waals surface area (Å²) in [6.07, 6.45) is 4.38. The van der Waals surface area contributed by atoms with E-state index in [1.807, 2.05) is 0 Å². The molecular formula is C13H19N3O3S. The molecule has 1 saturated carbocycles. The fourth-order valence-corrected chi connectivity index (χ4v) is 3.00. The van der Waals surface area contributed by atoms with Crippen molar-refractivity contribution in [3.63, 3.8) is 0 Å². The summed E-state index contributed by atoms with van der Waals surface area (Å²) < 4.78 is 21.9. The van der Waals surface area contributed by atoms with Crippen LogP contribution in [0.4, 0.5) is 10.5 Å². The third-order valence-electron chi connectivity index (χ3n) is 3.27. The minimum atomic E-state index is -3.53. The first-order chi connectivity index (χ1) is 9.42. The fraction of sp³-hybridized carbons (Fsp3) is 0.462. The molecule has 0 heterocycles. The van der Waals surface area contributed by atoms with Gasteiger partial charge in [-0.15, -0.1) is 0 Å². The number of hydrogen-bond acceptors (Lipinski definition) is 3. The van der Waals surface area contributed by atoms with Crippen LogP contribution in [0.2, 0.25) is 0 Å². The zero-order chi connectivity index (χ0) is 14.6. The number of anilines is 1. The number of sulfonamides is 1. The van der Waals surface area contributed by atoms with Crippen molar-refractivity contribution >= 4 is 21.7 Å². The number of nitrogens with one attached hydrogen (secondary N) is 2. The number of benzene rings is 1. The van der Waals surface area contributed by atoms with Gasteiger partial charge in [-0.2, -0.15) is 0 Å². The maximum Gasteiger partial charge on any atom is 0.319 e. The van der Waals surface area contributed by atoms with E-state index in [2.05, 4.69) is 10.6 Å². The Bertz CT molecular complexity index is 563. The molecule has 0 spiro atoms. The largest absolute Gasteiger partial charge is 0.335 e. The highest BCUT2D eigenvalue weighted by atomic mass is 32.2. The Kier molecular flexibility index (Phi) is 4.61. The number of rotatable bonds is 4. The molecule has 1 aliphatic rings. The van der Waals surface area contributed by atoms with E-state index in [1.54, 1.807) is 24.3 Å². The van der Waals surface area contributed by atoms with Crippen LogP contribution in [-0.2, 0) is 15.8 Å². The van der Waals surface area contributed by atoms with E-state index < -0.39 is 10.0 Å². The van der Waals surface area contributed by atoms with Crippen LogP contribution in [0, 0.1) is 0 Å². The molecule has 0 bridgehead atoms. The zero-order valence-corrected chi connectivity index (χ0v) is 11.9. The highest BCUT2D eigenvalue weighted by molar-refractivity contribution is 7.88. The van der Waals surface area contributed by atoms with Gasteiger partial charge in [-0.3, -0.25) is 0 Å². The third kappa shape index (κ3) is 4.82. The molecular weight excluding hydrogens is 278 g/mol. The highest BCUT2D eigenvalue weighted by Gasteiger charge is 2.16. The van der Waals surface area contributed by atoms with Crippen LogP contribution in [0.25, 0.3) is 0 Å². The van der Waals surface area contributed by atoms with Crippen molar-refractivity contribution in [1.29, 1.82) is 0 Å². The van der Waals surface area contributed by atoms with Crippen LogP contribution < -0.4 is 15.8 Å². The summed E-state index contributed by atoms with van der Waals surface area (Å²) in [5.74, 6) is -0.207. The second-order valence-corrected chi connectivity index (χ2v) is 6.70. The molecule has 110 valence electrons. The first kappa shape index (κ1) is 14.8. The number of hydrogen-bond donors (Lipinski definition) is 3. The molecule has 7 heteroatoms. The summed E-state index contributed by atoms with van der Waals surface area (Å²) in [6, 6.07) is 6.63. The predicted molar refractivity (Wildman–Crippen MR) is 77.7 cm³/mol. The van der Waals surface area contributed by atoms with Crippen molar-refractivity contribution in [2.45, 2.75) is 37.5 Å². The topological polar surface area (TPSA) is 101 Å². The van der Waals surface area contributed by atoms with E-state index in [1.165, 1.54) is 0 Å². The lowest BCUT2D eigenvalue weighted by molar-refractivity contribution is 0.248. The van der Waals surface area contributed by atoms with Gasteiger partial charge < -0.3 is 10.6 Å². The van der Waals surface area contributed by atoms with Crippen LogP contribution in [-0.4, -0.2) is 20.5 Å².